The van der Waals surface area contributed by atoms with Crippen molar-refractivity contribution in [3.8, 4) is 11.5 Å². The van der Waals surface area contributed by atoms with E-state index in [2.05, 4.69) is 20.8 Å². The summed E-state index contributed by atoms with van der Waals surface area (Å²) in [6, 6.07) is 3.93. The first-order valence-electron chi connectivity index (χ1n) is 7.11. The summed E-state index contributed by atoms with van der Waals surface area (Å²) in [6.07, 6.45) is 1.68. The number of likely N-dealkylation sites (tertiary alicyclic amines) is 1. The number of piperidine rings is 1. The molecule has 0 radical (unpaired) electrons. The van der Waals surface area contributed by atoms with Crippen LogP contribution in [-0.2, 0) is 11.3 Å². The van der Waals surface area contributed by atoms with Crippen LogP contribution in [-0.4, -0.2) is 35.4 Å². The van der Waals surface area contributed by atoms with Crippen molar-refractivity contribution in [2.45, 2.75) is 32.4 Å². The Morgan fingerprint density at radius 1 is 1.43 bits per heavy atom. The number of rotatable bonds is 3. The van der Waals surface area contributed by atoms with Crippen LogP contribution in [0.4, 0.5) is 0 Å². The SMILES string of the molecule is C[C@@H]1[C@H](C(=O)O)CCCN1Cc1cc2c(cc1Br)OCO2. The molecule has 1 fully saturated rings. The minimum Gasteiger partial charge on any atom is -0.481 e. The molecule has 6 heteroatoms. The van der Waals surface area contributed by atoms with Crippen molar-refractivity contribution < 1.29 is 19.4 Å². The molecule has 3 rings (SSSR count). The van der Waals surface area contributed by atoms with Gasteiger partial charge in [0.25, 0.3) is 0 Å². The van der Waals surface area contributed by atoms with Crippen LogP contribution < -0.4 is 9.47 Å². The van der Waals surface area contributed by atoms with Crippen LogP contribution in [0, 0.1) is 5.92 Å². The Kier molecular flexibility index (Phi) is 4.08. The standard InChI is InChI=1S/C15H18BrNO4/c1-9-11(15(18)19)3-2-4-17(9)7-10-5-13-14(6-12(10)16)21-8-20-13/h5-6,9,11H,2-4,7-8H2,1H3,(H,18,19)/t9-,11-/m1/s1. The number of hydrogen-bond donors (Lipinski definition) is 1. The fraction of sp³-hybridized carbons (Fsp3) is 0.533. The van der Waals surface area contributed by atoms with Crippen molar-refractivity contribution in [1.82, 2.24) is 4.90 Å². The monoisotopic (exact) mass is 355 g/mol. The van der Waals surface area contributed by atoms with Gasteiger partial charge in [0.1, 0.15) is 0 Å². The van der Waals surface area contributed by atoms with Gasteiger partial charge in [-0.2, -0.15) is 0 Å². The average molecular weight is 356 g/mol. The lowest BCUT2D eigenvalue weighted by Crippen LogP contribution is -2.45. The summed E-state index contributed by atoms with van der Waals surface area (Å²) in [5.41, 5.74) is 1.09. The van der Waals surface area contributed by atoms with Crippen molar-refractivity contribution in [3.63, 3.8) is 0 Å². The fourth-order valence-corrected chi connectivity index (χ4v) is 3.51. The Balaban J connectivity index is 1.78. The molecule has 1 aromatic carbocycles. The predicted octanol–water partition coefficient (Wildman–Crippen LogP) is 2.86. The Bertz CT molecular complexity index is 563. The number of benzene rings is 1. The molecule has 2 aliphatic rings. The molecule has 0 bridgehead atoms. The van der Waals surface area contributed by atoms with Crippen LogP contribution in [0.2, 0.25) is 0 Å². The van der Waals surface area contributed by atoms with Gasteiger partial charge in [0.15, 0.2) is 11.5 Å². The lowest BCUT2D eigenvalue weighted by molar-refractivity contribution is -0.145. The molecule has 0 spiro atoms. The van der Waals surface area contributed by atoms with Gasteiger partial charge >= 0.3 is 5.97 Å². The maximum atomic E-state index is 11.3. The molecule has 1 saturated heterocycles. The van der Waals surface area contributed by atoms with Crippen molar-refractivity contribution >= 4 is 21.9 Å². The predicted molar refractivity (Wildman–Crippen MR) is 80.5 cm³/mol. The Morgan fingerprint density at radius 2 is 2.14 bits per heavy atom. The number of fused-ring (bicyclic) bond motifs is 1. The van der Waals surface area contributed by atoms with Gasteiger partial charge in [0, 0.05) is 17.1 Å². The van der Waals surface area contributed by atoms with E-state index in [9.17, 15) is 9.90 Å². The number of ether oxygens (including phenoxy) is 2. The molecular formula is C15H18BrNO4. The Hall–Kier alpha value is -1.27. The summed E-state index contributed by atoms with van der Waals surface area (Å²) in [7, 11) is 0. The highest BCUT2D eigenvalue weighted by atomic mass is 79.9. The third-order valence-electron chi connectivity index (χ3n) is 4.35. The molecule has 5 nitrogen and oxygen atoms in total. The summed E-state index contributed by atoms with van der Waals surface area (Å²) in [5, 5.41) is 9.30. The topological polar surface area (TPSA) is 59.0 Å². The van der Waals surface area contributed by atoms with E-state index in [1.807, 2.05) is 19.1 Å². The van der Waals surface area contributed by atoms with Gasteiger partial charge in [0.2, 0.25) is 6.79 Å². The normalized spacial score (nSPS) is 25.0. The van der Waals surface area contributed by atoms with Gasteiger partial charge in [-0.15, -0.1) is 0 Å². The Morgan fingerprint density at radius 3 is 2.86 bits per heavy atom. The minimum atomic E-state index is -0.697. The van der Waals surface area contributed by atoms with Crippen molar-refractivity contribution in [2.75, 3.05) is 13.3 Å². The molecule has 2 atom stereocenters. The van der Waals surface area contributed by atoms with Crippen LogP contribution in [0.5, 0.6) is 11.5 Å². The van der Waals surface area contributed by atoms with E-state index in [1.165, 1.54) is 0 Å². The number of carboxylic acids is 1. The fourth-order valence-electron chi connectivity index (χ4n) is 3.07. The minimum absolute atomic E-state index is 0.0357. The summed E-state index contributed by atoms with van der Waals surface area (Å²) >= 11 is 3.56. The number of carboxylic acid groups (broad SMARTS) is 1. The molecule has 2 aliphatic heterocycles. The zero-order valence-electron chi connectivity index (χ0n) is 11.8. The van der Waals surface area contributed by atoms with E-state index >= 15 is 0 Å². The highest BCUT2D eigenvalue weighted by molar-refractivity contribution is 9.10. The summed E-state index contributed by atoms with van der Waals surface area (Å²) in [6.45, 7) is 3.89. The van der Waals surface area contributed by atoms with Gasteiger partial charge in [-0.1, -0.05) is 15.9 Å². The molecule has 1 aromatic rings. The number of hydrogen-bond acceptors (Lipinski definition) is 4. The molecule has 0 saturated carbocycles. The van der Waals surface area contributed by atoms with Crippen LogP contribution in [0.3, 0.4) is 0 Å². The zero-order valence-corrected chi connectivity index (χ0v) is 13.4. The van der Waals surface area contributed by atoms with Gasteiger partial charge in [-0.05, 0) is 44.0 Å². The molecule has 0 aliphatic carbocycles. The molecule has 2 heterocycles. The lowest BCUT2D eigenvalue weighted by atomic mass is 9.90. The summed E-state index contributed by atoms with van der Waals surface area (Å²) in [5.74, 6) is 0.525. The van der Waals surface area contributed by atoms with Crippen molar-refractivity contribution in [2.24, 2.45) is 5.92 Å². The molecule has 21 heavy (non-hydrogen) atoms. The first-order chi connectivity index (χ1) is 10.1. The number of aliphatic carboxylic acids is 1. The van der Waals surface area contributed by atoms with E-state index in [4.69, 9.17) is 9.47 Å². The first kappa shape index (κ1) is 14.7. The van der Waals surface area contributed by atoms with E-state index in [0.29, 0.717) is 6.54 Å². The molecule has 0 aromatic heterocycles. The van der Waals surface area contributed by atoms with E-state index in [-0.39, 0.29) is 18.8 Å². The van der Waals surface area contributed by atoms with Gasteiger partial charge in [-0.25, -0.2) is 0 Å². The van der Waals surface area contributed by atoms with Gasteiger partial charge < -0.3 is 14.6 Å². The highest BCUT2D eigenvalue weighted by Crippen LogP contribution is 2.38. The third kappa shape index (κ3) is 2.87. The molecule has 0 amide bonds. The first-order valence-corrected chi connectivity index (χ1v) is 7.90. The maximum Gasteiger partial charge on any atom is 0.308 e. The second-order valence-electron chi connectivity index (χ2n) is 5.59. The van der Waals surface area contributed by atoms with Gasteiger partial charge in [0.05, 0.1) is 5.92 Å². The largest absolute Gasteiger partial charge is 0.481 e. The molecule has 1 N–H and O–H groups in total. The number of carbonyl (C=O) groups is 1. The van der Waals surface area contributed by atoms with Gasteiger partial charge in [-0.3, -0.25) is 9.69 Å². The number of halogens is 1. The third-order valence-corrected chi connectivity index (χ3v) is 5.09. The quantitative estimate of drug-likeness (QED) is 0.903. The van der Waals surface area contributed by atoms with Crippen LogP contribution in [0.15, 0.2) is 16.6 Å². The molecule has 114 valence electrons. The van der Waals surface area contributed by atoms with E-state index in [1.54, 1.807) is 0 Å². The van der Waals surface area contributed by atoms with Crippen LogP contribution in [0.25, 0.3) is 0 Å². The highest BCUT2D eigenvalue weighted by Gasteiger charge is 2.33. The summed E-state index contributed by atoms with van der Waals surface area (Å²) in [4.78, 5) is 13.5. The molecular weight excluding hydrogens is 338 g/mol. The second-order valence-corrected chi connectivity index (χ2v) is 6.45. The van der Waals surface area contributed by atoms with Crippen molar-refractivity contribution in [1.29, 1.82) is 0 Å². The Labute approximate surface area is 132 Å². The van der Waals surface area contributed by atoms with Crippen molar-refractivity contribution in [3.05, 3.63) is 22.2 Å². The van der Waals surface area contributed by atoms with E-state index < -0.39 is 5.97 Å². The maximum absolute atomic E-state index is 11.3. The summed E-state index contributed by atoms with van der Waals surface area (Å²) < 4.78 is 11.7. The smallest absolute Gasteiger partial charge is 0.308 e. The lowest BCUT2D eigenvalue weighted by Gasteiger charge is -2.37. The average Bonchev–Trinajstić information content (AvgIpc) is 2.88. The second kappa shape index (κ2) is 5.85. The molecule has 0 unspecified atom stereocenters. The zero-order chi connectivity index (χ0) is 15.0. The van der Waals surface area contributed by atoms with Crippen LogP contribution >= 0.6 is 15.9 Å². The van der Waals surface area contributed by atoms with Crippen LogP contribution in [0.1, 0.15) is 25.3 Å². The number of nitrogens with zero attached hydrogens (tertiary/aromatic N) is 1. The van der Waals surface area contributed by atoms with E-state index in [0.717, 1.165) is 40.9 Å².